The average Bonchev–Trinajstić information content (AvgIpc) is 2.79. The Morgan fingerprint density at radius 3 is 2.30 bits per heavy atom. The third kappa shape index (κ3) is 4.32. The smallest absolute Gasteiger partial charge is 0.110 e. The molecule has 0 bridgehead atoms. The summed E-state index contributed by atoms with van der Waals surface area (Å²) in [6.45, 7) is 4.20. The Morgan fingerprint density at radius 1 is 0.926 bits per heavy atom. The second-order valence-corrected chi connectivity index (χ2v) is 6.96. The minimum atomic E-state index is -0.401. The first kappa shape index (κ1) is 19.4. The van der Waals surface area contributed by atoms with Gasteiger partial charge in [0.05, 0.1) is 5.54 Å². The van der Waals surface area contributed by atoms with E-state index in [1.807, 2.05) is 36.4 Å². The normalized spacial score (nSPS) is 15.0. The first-order valence-electron chi connectivity index (χ1n) is 8.87. The number of rotatable bonds is 3. The number of para-hydroxylation sites is 1. The molecular weight excluding hydrogens is 506 g/mol. The molecule has 1 N–H and O–H groups in total. The minimum absolute atomic E-state index is 0. The van der Waals surface area contributed by atoms with Crippen molar-refractivity contribution in [2.45, 2.75) is 32.2 Å². The molecule has 4 nitrogen and oxygen atoms in total. The molecule has 4 rings (SSSR count). The maximum atomic E-state index is 5.02. The van der Waals surface area contributed by atoms with Gasteiger partial charge in [0.25, 0.3) is 0 Å². The van der Waals surface area contributed by atoms with Gasteiger partial charge in [0.15, 0.2) is 0 Å². The summed E-state index contributed by atoms with van der Waals surface area (Å²) < 4.78 is 0. The molecule has 1 aliphatic heterocycles. The van der Waals surface area contributed by atoms with Crippen molar-refractivity contribution in [1.29, 1.82) is 0 Å². The Morgan fingerprint density at radius 2 is 1.59 bits per heavy atom. The Labute approximate surface area is 173 Å². The SMILES string of the molecule is CC1(C)N=C(c2ccccc2)CCc2nc(Nc3ccccc3)n[c-]c21.[Re]. The summed E-state index contributed by atoms with van der Waals surface area (Å²) in [5.41, 5.74) is 4.83. The second-order valence-electron chi connectivity index (χ2n) is 6.96. The van der Waals surface area contributed by atoms with Gasteiger partial charge >= 0.3 is 0 Å². The summed E-state index contributed by atoms with van der Waals surface area (Å²) in [5, 5.41) is 3.25. The van der Waals surface area contributed by atoms with E-state index in [2.05, 4.69) is 54.6 Å². The van der Waals surface area contributed by atoms with Crippen LogP contribution >= 0.6 is 0 Å². The molecule has 2 heterocycles. The number of aliphatic imine (C=N–C) groups is 1. The summed E-state index contributed by atoms with van der Waals surface area (Å²) in [5.74, 6) is 0.578. The number of aromatic nitrogens is 2. The van der Waals surface area contributed by atoms with Crippen LogP contribution in [0.1, 0.15) is 37.1 Å². The van der Waals surface area contributed by atoms with Gasteiger partial charge in [-0.15, -0.1) is 0 Å². The molecule has 1 aliphatic rings. The fourth-order valence-electron chi connectivity index (χ4n) is 3.28. The number of nitrogens with one attached hydrogen (secondary N) is 1. The minimum Gasteiger partial charge on any atom is -0.378 e. The van der Waals surface area contributed by atoms with Crippen LogP contribution in [-0.4, -0.2) is 15.7 Å². The maximum Gasteiger partial charge on any atom is 0.110 e. The van der Waals surface area contributed by atoms with Crippen molar-refractivity contribution >= 4 is 17.3 Å². The van der Waals surface area contributed by atoms with Crippen molar-refractivity contribution in [3.8, 4) is 0 Å². The van der Waals surface area contributed by atoms with Gasteiger partial charge in [-0.2, -0.15) is 0 Å². The van der Waals surface area contributed by atoms with Gasteiger partial charge in [-0.3, -0.25) is 4.99 Å². The molecule has 0 saturated heterocycles. The number of aryl methyl sites for hydroxylation is 1. The summed E-state index contributed by atoms with van der Waals surface area (Å²) in [4.78, 5) is 14.2. The van der Waals surface area contributed by atoms with E-state index in [-0.39, 0.29) is 20.4 Å². The number of benzene rings is 2. The van der Waals surface area contributed by atoms with E-state index in [1.165, 1.54) is 5.56 Å². The van der Waals surface area contributed by atoms with Crippen LogP contribution in [0.4, 0.5) is 11.6 Å². The number of hydrogen-bond donors (Lipinski definition) is 1. The Bertz CT molecular complexity index is 937. The van der Waals surface area contributed by atoms with Crippen LogP contribution in [-0.2, 0) is 32.4 Å². The molecule has 3 aromatic rings. The molecule has 0 spiro atoms. The van der Waals surface area contributed by atoms with Gasteiger partial charge in [-0.1, -0.05) is 72.4 Å². The molecule has 2 aromatic carbocycles. The van der Waals surface area contributed by atoms with E-state index in [9.17, 15) is 0 Å². The Kier molecular flexibility index (Phi) is 5.84. The van der Waals surface area contributed by atoms with Gasteiger partial charge in [-0.25, -0.2) is 0 Å². The Hall–Kier alpha value is -2.35. The van der Waals surface area contributed by atoms with Gasteiger partial charge in [0.1, 0.15) is 5.95 Å². The van der Waals surface area contributed by atoms with E-state index in [0.29, 0.717) is 5.95 Å². The van der Waals surface area contributed by atoms with Crippen LogP contribution in [0.15, 0.2) is 65.7 Å². The summed E-state index contributed by atoms with van der Waals surface area (Å²) >= 11 is 0. The number of anilines is 2. The van der Waals surface area contributed by atoms with Gasteiger partial charge in [0.2, 0.25) is 0 Å². The third-order valence-corrected chi connectivity index (χ3v) is 4.56. The molecule has 0 unspecified atom stereocenters. The maximum absolute atomic E-state index is 5.02. The molecule has 1 radical (unpaired) electrons. The first-order valence-corrected chi connectivity index (χ1v) is 8.87. The molecule has 0 fully saturated rings. The molecule has 0 aliphatic carbocycles. The van der Waals surface area contributed by atoms with Crippen molar-refractivity contribution in [2.24, 2.45) is 4.99 Å². The molecule has 0 amide bonds. The van der Waals surface area contributed by atoms with Gasteiger partial charge < -0.3 is 15.3 Å². The molecule has 137 valence electrons. The van der Waals surface area contributed by atoms with Crippen molar-refractivity contribution in [3.63, 3.8) is 0 Å². The van der Waals surface area contributed by atoms with Crippen LogP contribution in [0.5, 0.6) is 0 Å². The number of fused-ring (bicyclic) bond motifs is 1. The molecule has 1 aromatic heterocycles. The van der Waals surface area contributed by atoms with Crippen molar-refractivity contribution in [3.05, 3.63) is 83.7 Å². The average molecular weight is 528 g/mol. The molecule has 0 saturated carbocycles. The second kappa shape index (κ2) is 8.12. The van der Waals surface area contributed by atoms with E-state index in [0.717, 1.165) is 35.5 Å². The van der Waals surface area contributed by atoms with Crippen molar-refractivity contribution < 1.29 is 20.4 Å². The number of hydrogen-bond acceptors (Lipinski definition) is 4. The molecular formula is C22H21N4Re-. The molecule has 0 atom stereocenters. The zero-order valence-electron chi connectivity index (χ0n) is 15.4. The zero-order valence-corrected chi connectivity index (χ0v) is 18.1. The quantitative estimate of drug-likeness (QED) is 0.503. The van der Waals surface area contributed by atoms with Gasteiger partial charge in [0, 0.05) is 31.8 Å². The fraction of sp³-hybridized carbons (Fsp3) is 0.227. The van der Waals surface area contributed by atoms with E-state index < -0.39 is 5.54 Å². The van der Waals surface area contributed by atoms with Crippen LogP contribution in [0.2, 0.25) is 0 Å². The van der Waals surface area contributed by atoms with Crippen LogP contribution in [0, 0.1) is 6.20 Å². The summed E-state index contributed by atoms with van der Waals surface area (Å²) in [6.07, 6.45) is 4.88. The number of nitrogens with zero attached hydrogens (tertiary/aromatic N) is 3. The standard InChI is InChI=1S/C22H21N4.Re/c1-22(2)18-15-23-21(24-17-11-7-4-8-12-17)25-20(18)14-13-19(26-22)16-9-5-3-6-10-16;/h3-12H,13-14H2,1-2H3,(H,23,24,25);/q-1;. The fourth-order valence-corrected chi connectivity index (χ4v) is 3.28. The van der Waals surface area contributed by atoms with Crippen molar-refractivity contribution in [2.75, 3.05) is 5.32 Å². The van der Waals surface area contributed by atoms with E-state index >= 15 is 0 Å². The van der Waals surface area contributed by atoms with E-state index in [4.69, 9.17) is 9.98 Å². The van der Waals surface area contributed by atoms with Gasteiger partial charge in [-0.05, 0) is 38.0 Å². The van der Waals surface area contributed by atoms with Crippen molar-refractivity contribution in [1.82, 2.24) is 9.97 Å². The van der Waals surface area contributed by atoms with Crippen LogP contribution < -0.4 is 5.32 Å². The monoisotopic (exact) mass is 528 g/mol. The topological polar surface area (TPSA) is 50.2 Å². The van der Waals surface area contributed by atoms with Crippen LogP contribution in [0.3, 0.4) is 0 Å². The predicted octanol–water partition coefficient (Wildman–Crippen LogP) is 4.69. The summed E-state index contributed by atoms with van der Waals surface area (Å²) in [6, 6.07) is 20.3. The first-order chi connectivity index (χ1) is 12.6. The third-order valence-electron chi connectivity index (χ3n) is 4.56. The Balaban J connectivity index is 0.00000210. The molecule has 27 heavy (non-hydrogen) atoms. The van der Waals surface area contributed by atoms with Crippen LogP contribution in [0.25, 0.3) is 0 Å². The largest absolute Gasteiger partial charge is 0.378 e. The van der Waals surface area contributed by atoms with E-state index in [1.54, 1.807) is 0 Å². The zero-order chi connectivity index (χ0) is 18.0. The summed E-state index contributed by atoms with van der Waals surface area (Å²) in [7, 11) is 0. The molecule has 5 heteroatoms. The predicted molar refractivity (Wildman–Crippen MR) is 105 cm³/mol.